The van der Waals surface area contributed by atoms with E-state index < -0.39 is 0 Å². The Kier molecular flexibility index (Phi) is 2.80. The van der Waals surface area contributed by atoms with Gasteiger partial charge in [0.1, 0.15) is 0 Å². The molecule has 94 valence electrons. The van der Waals surface area contributed by atoms with Gasteiger partial charge in [0.15, 0.2) is 0 Å². The summed E-state index contributed by atoms with van der Waals surface area (Å²) >= 11 is 0. The lowest BCUT2D eigenvalue weighted by Crippen LogP contribution is -2.15. The number of hydrogen-bond donors (Lipinski definition) is 1. The summed E-state index contributed by atoms with van der Waals surface area (Å²) in [6.07, 6.45) is 1.75. The Labute approximate surface area is 111 Å². The molecule has 0 spiro atoms. The Morgan fingerprint density at radius 3 is 2.53 bits per heavy atom. The van der Waals surface area contributed by atoms with Crippen LogP contribution in [0.4, 0.5) is 0 Å². The highest BCUT2D eigenvalue weighted by molar-refractivity contribution is 5.62. The fourth-order valence-corrected chi connectivity index (χ4v) is 2.16. The quantitative estimate of drug-likeness (QED) is 0.745. The van der Waals surface area contributed by atoms with Gasteiger partial charge in [0, 0.05) is 6.20 Å². The van der Waals surface area contributed by atoms with Gasteiger partial charge in [-0.3, -0.25) is 9.89 Å². The third-order valence-electron chi connectivity index (χ3n) is 3.11. The second-order valence-corrected chi connectivity index (χ2v) is 4.53. The lowest BCUT2D eigenvalue weighted by Gasteiger charge is -2.00. The van der Waals surface area contributed by atoms with Crippen molar-refractivity contribution in [2.75, 3.05) is 0 Å². The Hall–Kier alpha value is -2.55. The largest absolute Gasteiger partial charge is 0.298 e. The summed E-state index contributed by atoms with van der Waals surface area (Å²) in [6.45, 7) is 2.02. The van der Waals surface area contributed by atoms with E-state index in [1.165, 1.54) is 0 Å². The van der Waals surface area contributed by atoms with Gasteiger partial charge in [-0.15, -0.1) is 0 Å². The molecule has 2 aromatic carbocycles. The van der Waals surface area contributed by atoms with Crippen LogP contribution in [0.5, 0.6) is 0 Å². The van der Waals surface area contributed by atoms with Gasteiger partial charge in [0.05, 0.1) is 11.3 Å². The summed E-state index contributed by atoms with van der Waals surface area (Å²) in [7, 11) is 0. The molecule has 3 nitrogen and oxygen atoms in total. The molecular weight excluding hydrogens is 236 g/mol. The molecule has 0 amide bonds. The smallest absolute Gasteiger partial charge is 0.279 e. The number of para-hydroxylation sites is 1. The van der Waals surface area contributed by atoms with Crippen LogP contribution in [0.1, 0.15) is 5.56 Å². The molecule has 3 aromatic rings. The number of H-pyrrole nitrogens is 1. The maximum atomic E-state index is 12.4. The Bertz CT molecular complexity index is 754. The molecule has 0 aliphatic heterocycles. The zero-order valence-electron chi connectivity index (χ0n) is 10.6. The van der Waals surface area contributed by atoms with Crippen LogP contribution in [0.3, 0.4) is 0 Å². The fraction of sp³-hybridized carbons (Fsp3) is 0.0625. The summed E-state index contributed by atoms with van der Waals surface area (Å²) in [5.41, 5.74) is 3.58. The topological polar surface area (TPSA) is 37.8 Å². The first kappa shape index (κ1) is 11.5. The van der Waals surface area contributed by atoms with Crippen LogP contribution >= 0.6 is 0 Å². The van der Waals surface area contributed by atoms with Crippen molar-refractivity contribution < 1.29 is 0 Å². The molecule has 0 aliphatic rings. The predicted molar refractivity (Wildman–Crippen MR) is 76.6 cm³/mol. The third-order valence-corrected chi connectivity index (χ3v) is 3.11. The van der Waals surface area contributed by atoms with E-state index in [2.05, 4.69) is 5.10 Å². The fourth-order valence-electron chi connectivity index (χ4n) is 2.16. The Morgan fingerprint density at radius 1 is 1.00 bits per heavy atom. The summed E-state index contributed by atoms with van der Waals surface area (Å²) < 4.78 is 1.55. The van der Waals surface area contributed by atoms with E-state index in [9.17, 15) is 4.79 Å². The van der Waals surface area contributed by atoms with E-state index >= 15 is 0 Å². The molecule has 19 heavy (non-hydrogen) atoms. The second-order valence-electron chi connectivity index (χ2n) is 4.53. The Balaban J connectivity index is 2.12. The number of nitrogens with one attached hydrogen (secondary N) is 1. The van der Waals surface area contributed by atoms with E-state index in [1.807, 2.05) is 61.5 Å². The van der Waals surface area contributed by atoms with Gasteiger partial charge in [0.2, 0.25) is 0 Å². The first-order chi connectivity index (χ1) is 9.25. The summed E-state index contributed by atoms with van der Waals surface area (Å²) in [5, 5.41) is 3.01. The number of hydrogen-bond acceptors (Lipinski definition) is 1. The minimum Gasteiger partial charge on any atom is -0.298 e. The number of aryl methyl sites for hydroxylation is 1. The van der Waals surface area contributed by atoms with Gasteiger partial charge in [0.25, 0.3) is 5.56 Å². The molecule has 1 heterocycles. The highest BCUT2D eigenvalue weighted by Crippen LogP contribution is 2.17. The minimum atomic E-state index is -0.0307. The van der Waals surface area contributed by atoms with Crippen LogP contribution in [0.15, 0.2) is 65.6 Å². The summed E-state index contributed by atoms with van der Waals surface area (Å²) in [5.74, 6) is 0. The van der Waals surface area contributed by atoms with Gasteiger partial charge < -0.3 is 0 Å². The number of nitrogens with zero attached hydrogens (tertiary/aromatic N) is 1. The van der Waals surface area contributed by atoms with Gasteiger partial charge in [-0.05, 0) is 24.6 Å². The van der Waals surface area contributed by atoms with E-state index in [0.717, 1.165) is 16.8 Å². The van der Waals surface area contributed by atoms with Crippen molar-refractivity contribution in [3.63, 3.8) is 0 Å². The molecule has 3 rings (SSSR count). The minimum absolute atomic E-state index is 0.0307. The molecule has 1 N–H and O–H groups in total. The van der Waals surface area contributed by atoms with Crippen LogP contribution in [0, 0.1) is 6.92 Å². The maximum absolute atomic E-state index is 12.4. The Morgan fingerprint density at radius 2 is 1.79 bits per heavy atom. The lowest BCUT2D eigenvalue weighted by atomic mass is 10.1. The van der Waals surface area contributed by atoms with Gasteiger partial charge in [-0.2, -0.15) is 0 Å². The normalized spacial score (nSPS) is 10.6. The molecular formula is C16H14N2O. The van der Waals surface area contributed by atoms with E-state index in [0.29, 0.717) is 5.56 Å². The van der Waals surface area contributed by atoms with Crippen molar-refractivity contribution in [3.05, 3.63) is 76.7 Å². The van der Waals surface area contributed by atoms with Crippen LogP contribution in [-0.4, -0.2) is 9.78 Å². The van der Waals surface area contributed by atoms with Crippen molar-refractivity contribution in [1.29, 1.82) is 0 Å². The molecule has 1 aromatic heterocycles. The van der Waals surface area contributed by atoms with Crippen LogP contribution < -0.4 is 5.56 Å². The molecule has 0 fully saturated rings. The predicted octanol–water partition coefficient (Wildman–Crippen LogP) is 3.14. The monoisotopic (exact) mass is 250 g/mol. The molecule has 0 saturated heterocycles. The summed E-state index contributed by atoms with van der Waals surface area (Å²) in [4.78, 5) is 12.4. The highest BCUT2D eigenvalue weighted by atomic mass is 16.1. The van der Waals surface area contributed by atoms with E-state index in [-0.39, 0.29) is 5.56 Å². The zero-order chi connectivity index (χ0) is 13.2. The van der Waals surface area contributed by atoms with E-state index in [1.54, 1.807) is 10.9 Å². The average Bonchev–Trinajstić information content (AvgIpc) is 2.81. The molecule has 0 unspecified atom stereocenters. The van der Waals surface area contributed by atoms with Crippen molar-refractivity contribution in [3.8, 4) is 16.8 Å². The van der Waals surface area contributed by atoms with Crippen LogP contribution in [0.25, 0.3) is 16.8 Å². The first-order valence-corrected chi connectivity index (χ1v) is 6.18. The first-order valence-electron chi connectivity index (χ1n) is 6.18. The highest BCUT2D eigenvalue weighted by Gasteiger charge is 2.09. The zero-order valence-corrected chi connectivity index (χ0v) is 10.6. The molecule has 0 atom stereocenters. The number of aromatic nitrogens is 2. The third kappa shape index (κ3) is 2.10. The standard InChI is InChI=1S/C16H14N2O/c1-12-6-5-7-13(10-12)15-11-17-18(16(15)19)14-8-3-2-4-9-14/h2-11,17H,1H3. The molecule has 3 heteroatoms. The van der Waals surface area contributed by atoms with Crippen LogP contribution in [-0.2, 0) is 0 Å². The van der Waals surface area contributed by atoms with Gasteiger partial charge >= 0.3 is 0 Å². The van der Waals surface area contributed by atoms with Crippen molar-refractivity contribution >= 4 is 0 Å². The van der Waals surface area contributed by atoms with Crippen molar-refractivity contribution in [2.24, 2.45) is 0 Å². The number of rotatable bonds is 2. The number of benzene rings is 2. The molecule has 0 saturated carbocycles. The van der Waals surface area contributed by atoms with Crippen molar-refractivity contribution in [1.82, 2.24) is 9.78 Å². The SMILES string of the molecule is Cc1cccc(-c2c[nH]n(-c3ccccc3)c2=O)c1. The van der Waals surface area contributed by atoms with E-state index in [4.69, 9.17) is 0 Å². The summed E-state index contributed by atoms with van der Waals surface area (Å²) in [6, 6.07) is 17.5. The molecule has 0 bridgehead atoms. The van der Waals surface area contributed by atoms with Gasteiger partial charge in [-0.25, -0.2) is 4.68 Å². The molecule has 0 aliphatic carbocycles. The number of aromatic amines is 1. The second kappa shape index (κ2) is 4.61. The maximum Gasteiger partial charge on any atom is 0.279 e. The van der Waals surface area contributed by atoms with Gasteiger partial charge in [-0.1, -0.05) is 48.0 Å². The average molecular weight is 250 g/mol. The molecule has 0 radical (unpaired) electrons. The van der Waals surface area contributed by atoms with Crippen LogP contribution in [0.2, 0.25) is 0 Å². The van der Waals surface area contributed by atoms with Crippen molar-refractivity contribution in [2.45, 2.75) is 6.92 Å². The lowest BCUT2D eigenvalue weighted by molar-refractivity contribution is 0.850.